The first kappa shape index (κ1) is 23.7. The van der Waals surface area contributed by atoms with Crippen molar-refractivity contribution in [2.75, 3.05) is 30.6 Å². The van der Waals surface area contributed by atoms with E-state index in [1.54, 1.807) is 61.5 Å². The van der Waals surface area contributed by atoms with Crippen molar-refractivity contribution in [2.45, 2.75) is 38.2 Å². The number of nitrogens with zero attached hydrogens (tertiary/aromatic N) is 1. The Bertz CT molecular complexity index is 884. The van der Waals surface area contributed by atoms with Crippen LogP contribution in [0.2, 0.25) is 0 Å². The Kier molecular flexibility index (Phi) is 9.14. The van der Waals surface area contributed by atoms with Gasteiger partial charge in [0.25, 0.3) is 15.9 Å². The van der Waals surface area contributed by atoms with E-state index in [-0.39, 0.29) is 23.5 Å². The molecular formula is C22H30N2O5S. The number of carbonyl (C=O) groups is 1. The molecule has 0 fully saturated rings. The molecule has 0 bridgehead atoms. The minimum atomic E-state index is -3.65. The highest BCUT2D eigenvalue weighted by Gasteiger charge is 2.23. The average molecular weight is 435 g/mol. The number of sulfonamides is 1. The van der Waals surface area contributed by atoms with E-state index >= 15 is 0 Å². The van der Waals surface area contributed by atoms with Gasteiger partial charge in [0.2, 0.25) is 0 Å². The maximum atomic E-state index is 12.9. The Balaban J connectivity index is 1.89. The van der Waals surface area contributed by atoms with E-state index in [1.165, 1.54) is 4.31 Å². The van der Waals surface area contributed by atoms with Crippen LogP contribution >= 0.6 is 0 Å². The lowest BCUT2D eigenvalue weighted by Gasteiger charge is -2.23. The van der Waals surface area contributed by atoms with Crippen LogP contribution in [0.4, 0.5) is 5.69 Å². The quantitative estimate of drug-likeness (QED) is 0.519. The van der Waals surface area contributed by atoms with Gasteiger partial charge in [-0.25, -0.2) is 8.42 Å². The first-order chi connectivity index (χ1) is 14.3. The number of hydrogen-bond donors (Lipinski definition) is 1. The van der Waals surface area contributed by atoms with Crippen molar-refractivity contribution in [3.63, 3.8) is 0 Å². The van der Waals surface area contributed by atoms with Crippen LogP contribution in [0.1, 0.15) is 27.2 Å². The summed E-state index contributed by atoms with van der Waals surface area (Å²) < 4.78 is 38.0. The zero-order valence-corrected chi connectivity index (χ0v) is 18.5. The summed E-state index contributed by atoms with van der Waals surface area (Å²) in [5.41, 5.74) is 0.531. The zero-order valence-electron chi connectivity index (χ0n) is 17.7. The number of amides is 1. The van der Waals surface area contributed by atoms with Crippen LogP contribution in [-0.4, -0.2) is 46.7 Å². The van der Waals surface area contributed by atoms with Crippen molar-refractivity contribution in [2.24, 2.45) is 0 Å². The predicted molar refractivity (Wildman–Crippen MR) is 117 cm³/mol. The van der Waals surface area contributed by atoms with E-state index in [0.717, 1.165) is 6.42 Å². The van der Waals surface area contributed by atoms with Crippen LogP contribution in [0.25, 0.3) is 0 Å². The molecule has 30 heavy (non-hydrogen) atoms. The summed E-state index contributed by atoms with van der Waals surface area (Å²) in [6.07, 6.45) is 0.916. The molecule has 0 aliphatic rings. The molecule has 2 aromatic rings. The van der Waals surface area contributed by atoms with Gasteiger partial charge in [0.05, 0.1) is 16.7 Å². The Labute approximate surface area is 179 Å². The average Bonchev–Trinajstić information content (AvgIpc) is 2.73. The minimum Gasteiger partial charge on any atom is -0.484 e. The van der Waals surface area contributed by atoms with Crippen molar-refractivity contribution in [1.82, 2.24) is 5.32 Å². The van der Waals surface area contributed by atoms with E-state index in [9.17, 15) is 13.2 Å². The van der Waals surface area contributed by atoms with Gasteiger partial charge in [-0.3, -0.25) is 9.10 Å². The molecule has 0 saturated carbocycles. The normalized spacial score (nSPS) is 11.3. The standard InChI is InChI=1S/C22H30N2O5S/c1-4-24(30(26,27)21-9-6-5-7-10-21)19-11-13-20(14-12-19)29-17-22(25)23-15-8-16-28-18(2)3/h5-7,9-14,18H,4,8,15-17H2,1-3H3,(H,23,25). The largest absolute Gasteiger partial charge is 0.484 e. The van der Waals surface area contributed by atoms with Gasteiger partial charge in [0.1, 0.15) is 5.75 Å². The molecule has 0 radical (unpaired) electrons. The van der Waals surface area contributed by atoms with E-state index in [4.69, 9.17) is 9.47 Å². The number of nitrogens with one attached hydrogen (secondary N) is 1. The molecule has 0 spiro atoms. The molecule has 1 N–H and O–H groups in total. The smallest absolute Gasteiger partial charge is 0.264 e. The second kappa shape index (κ2) is 11.6. The predicted octanol–water partition coefficient (Wildman–Crippen LogP) is 3.21. The van der Waals surface area contributed by atoms with Crippen LogP contribution in [0.3, 0.4) is 0 Å². The van der Waals surface area contributed by atoms with E-state index in [2.05, 4.69) is 5.32 Å². The number of carbonyl (C=O) groups excluding carboxylic acids is 1. The Hall–Kier alpha value is -2.58. The van der Waals surface area contributed by atoms with Crippen LogP contribution in [0.15, 0.2) is 59.5 Å². The topological polar surface area (TPSA) is 84.9 Å². The highest BCUT2D eigenvalue weighted by atomic mass is 32.2. The molecule has 164 valence electrons. The summed E-state index contributed by atoms with van der Waals surface area (Å²) in [6, 6.07) is 15.0. The summed E-state index contributed by atoms with van der Waals surface area (Å²) in [5.74, 6) is 0.274. The molecule has 0 heterocycles. The summed E-state index contributed by atoms with van der Waals surface area (Å²) in [7, 11) is -3.65. The summed E-state index contributed by atoms with van der Waals surface area (Å²) in [5, 5.41) is 2.77. The molecule has 0 aliphatic carbocycles. The summed E-state index contributed by atoms with van der Waals surface area (Å²) >= 11 is 0. The Morgan fingerprint density at radius 2 is 1.73 bits per heavy atom. The van der Waals surface area contributed by atoms with Gasteiger partial charge in [-0.1, -0.05) is 18.2 Å². The van der Waals surface area contributed by atoms with Gasteiger partial charge in [-0.15, -0.1) is 0 Å². The molecule has 0 aliphatic heterocycles. The lowest BCUT2D eigenvalue weighted by atomic mass is 10.3. The number of rotatable bonds is 12. The van der Waals surface area contributed by atoms with Crippen LogP contribution in [0.5, 0.6) is 5.75 Å². The fourth-order valence-electron chi connectivity index (χ4n) is 2.74. The van der Waals surface area contributed by atoms with Crippen LogP contribution in [0, 0.1) is 0 Å². The maximum absolute atomic E-state index is 12.9. The molecule has 0 aromatic heterocycles. The summed E-state index contributed by atoms with van der Waals surface area (Å²) in [4.78, 5) is 12.1. The number of hydrogen-bond acceptors (Lipinski definition) is 5. The fraction of sp³-hybridized carbons (Fsp3) is 0.409. The molecule has 2 aromatic carbocycles. The van der Waals surface area contributed by atoms with Crippen molar-refractivity contribution in [1.29, 1.82) is 0 Å². The van der Waals surface area contributed by atoms with Gasteiger partial charge in [0.15, 0.2) is 6.61 Å². The van der Waals surface area contributed by atoms with Crippen molar-refractivity contribution >= 4 is 21.6 Å². The Morgan fingerprint density at radius 3 is 2.33 bits per heavy atom. The van der Waals surface area contributed by atoms with Gasteiger partial charge in [0, 0.05) is 19.7 Å². The molecule has 0 saturated heterocycles. The molecular weight excluding hydrogens is 404 g/mol. The molecule has 0 unspecified atom stereocenters. The SMILES string of the molecule is CCN(c1ccc(OCC(=O)NCCCOC(C)C)cc1)S(=O)(=O)c1ccccc1. The first-order valence-electron chi connectivity index (χ1n) is 10.0. The lowest BCUT2D eigenvalue weighted by molar-refractivity contribution is -0.123. The van der Waals surface area contributed by atoms with Gasteiger partial charge in [-0.05, 0) is 63.6 Å². The third kappa shape index (κ3) is 7.03. The van der Waals surface area contributed by atoms with Crippen molar-refractivity contribution in [3.05, 3.63) is 54.6 Å². The highest BCUT2D eigenvalue weighted by Crippen LogP contribution is 2.25. The van der Waals surface area contributed by atoms with E-state index in [0.29, 0.717) is 31.1 Å². The summed E-state index contributed by atoms with van der Waals surface area (Å²) in [6.45, 7) is 7.02. The number of anilines is 1. The van der Waals surface area contributed by atoms with Crippen molar-refractivity contribution in [3.8, 4) is 5.75 Å². The Morgan fingerprint density at radius 1 is 1.07 bits per heavy atom. The monoisotopic (exact) mass is 434 g/mol. The highest BCUT2D eigenvalue weighted by molar-refractivity contribution is 7.92. The van der Waals surface area contributed by atoms with Gasteiger partial charge >= 0.3 is 0 Å². The molecule has 8 heteroatoms. The molecule has 7 nitrogen and oxygen atoms in total. The fourth-order valence-corrected chi connectivity index (χ4v) is 4.23. The van der Waals surface area contributed by atoms with Crippen LogP contribution < -0.4 is 14.4 Å². The molecule has 1 amide bonds. The number of benzene rings is 2. The number of ether oxygens (including phenoxy) is 2. The van der Waals surface area contributed by atoms with Gasteiger partial charge in [-0.2, -0.15) is 0 Å². The zero-order chi connectivity index (χ0) is 22.0. The maximum Gasteiger partial charge on any atom is 0.264 e. The van der Waals surface area contributed by atoms with Crippen molar-refractivity contribution < 1.29 is 22.7 Å². The van der Waals surface area contributed by atoms with E-state index < -0.39 is 10.0 Å². The second-order valence-corrected chi connectivity index (χ2v) is 8.75. The minimum absolute atomic E-state index is 0.107. The first-order valence-corrected chi connectivity index (χ1v) is 11.5. The second-order valence-electron chi connectivity index (χ2n) is 6.89. The third-order valence-corrected chi connectivity index (χ3v) is 6.12. The molecule has 2 rings (SSSR count). The molecule has 0 atom stereocenters. The third-order valence-electron chi connectivity index (χ3n) is 4.21. The van der Waals surface area contributed by atoms with E-state index in [1.807, 2.05) is 13.8 Å². The lowest BCUT2D eigenvalue weighted by Crippen LogP contribution is -2.31. The van der Waals surface area contributed by atoms with Gasteiger partial charge < -0.3 is 14.8 Å². The van der Waals surface area contributed by atoms with Crippen LogP contribution in [-0.2, 0) is 19.6 Å².